The lowest BCUT2D eigenvalue weighted by atomic mass is 10.0. The van der Waals surface area contributed by atoms with E-state index in [-0.39, 0.29) is 19.1 Å². The second-order valence-corrected chi connectivity index (χ2v) is 21.0. The molecule has 0 aliphatic heterocycles. The maximum atomic E-state index is 12.9. The van der Waals surface area contributed by atoms with Crippen molar-refractivity contribution in [2.45, 2.75) is 276 Å². The molecule has 3 unspecified atom stereocenters. The van der Waals surface area contributed by atoms with Gasteiger partial charge in [-0.3, -0.25) is 9.36 Å². The first-order chi connectivity index (χ1) is 29.5. The third-order valence-corrected chi connectivity index (χ3v) is 13.2. The highest BCUT2D eigenvalue weighted by Gasteiger charge is 2.24. The Kier molecular flexibility index (Phi) is 43.9. The Balaban J connectivity index is 3.88. The molecule has 0 spiro atoms. The van der Waals surface area contributed by atoms with E-state index in [9.17, 15) is 19.4 Å². The predicted molar refractivity (Wildman–Crippen MR) is 261 cm³/mol. The number of allylic oxidation sites excluding steroid dienone is 2. The molecule has 0 heterocycles. The monoisotopic (exact) mass is 885 g/mol. The number of rotatable bonds is 49. The summed E-state index contributed by atoms with van der Waals surface area (Å²) in [5.41, 5.74) is 0. The van der Waals surface area contributed by atoms with Crippen LogP contribution in [0.25, 0.3) is 0 Å². The van der Waals surface area contributed by atoms with E-state index in [2.05, 4.69) is 31.3 Å². The molecule has 0 aliphatic carbocycles. The van der Waals surface area contributed by atoms with Gasteiger partial charge in [-0.2, -0.15) is 0 Å². The van der Waals surface area contributed by atoms with E-state index in [0.29, 0.717) is 23.9 Å². The summed E-state index contributed by atoms with van der Waals surface area (Å²) in [4.78, 5) is 25.3. The topological polar surface area (TPSA) is 108 Å². The molecule has 0 aromatic heterocycles. The summed E-state index contributed by atoms with van der Waals surface area (Å²) in [6.45, 7) is 4.71. The van der Waals surface area contributed by atoms with E-state index >= 15 is 0 Å². The molecule has 61 heavy (non-hydrogen) atoms. The highest BCUT2D eigenvalue weighted by molar-refractivity contribution is 7.45. The van der Waals surface area contributed by atoms with Crippen molar-refractivity contribution in [2.75, 3.05) is 40.9 Å². The van der Waals surface area contributed by atoms with Gasteiger partial charge in [-0.05, 0) is 38.5 Å². The number of unbranched alkanes of at least 4 members (excludes halogenated alkanes) is 34. The Morgan fingerprint density at radius 1 is 0.557 bits per heavy atom. The number of phosphoric ester groups is 1. The van der Waals surface area contributed by atoms with Crippen LogP contribution < -0.4 is 10.2 Å². The van der Waals surface area contributed by atoms with Crippen molar-refractivity contribution in [3.63, 3.8) is 0 Å². The van der Waals surface area contributed by atoms with Crippen LogP contribution >= 0.6 is 7.82 Å². The SMILES string of the molecule is CCCCCCCCCC/C=C\CCCCCCCCCCCCCCCCCCCCCC(=O)NC(COP(=O)([O-])OCC[N+](C)(C)C)C(O)CCCCCCCCCC. The first kappa shape index (κ1) is 60.2. The molecule has 8 nitrogen and oxygen atoms in total. The Labute approximate surface area is 380 Å². The number of hydrogen-bond acceptors (Lipinski definition) is 6. The van der Waals surface area contributed by atoms with Gasteiger partial charge in [-0.15, -0.1) is 0 Å². The van der Waals surface area contributed by atoms with Gasteiger partial charge in [0.1, 0.15) is 13.2 Å². The number of aliphatic hydroxyl groups excluding tert-OH is 1. The van der Waals surface area contributed by atoms with Crippen molar-refractivity contribution in [2.24, 2.45) is 0 Å². The quantitative estimate of drug-likeness (QED) is 0.0273. The van der Waals surface area contributed by atoms with Crippen LogP contribution in [0.15, 0.2) is 12.2 Å². The van der Waals surface area contributed by atoms with Crippen LogP contribution in [-0.2, 0) is 18.4 Å². The van der Waals surface area contributed by atoms with Gasteiger partial charge in [-0.1, -0.05) is 231 Å². The van der Waals surface area contributed by atoms with Crippen molar-refractivity contribution in [3.8, 4) is 0 Å². The zero-order chi connectivity index (χ0) is 45.0. The van der Waals surface area contributed by atoms with Crippen molar-refractivity contribution in [1.82, 2.24) is 5.32 Å². The fourth-order valence-corrected chi connectivity index (χ4v) is 8.76. The summed E-state index contributed by atoms with van der Waals surface area (Å²) < 4.78 is 23.2. The average Bonchev–Trinajstić information content (AvgIpc) is 3.21. The zero-order valence-corrected chi connectivity index (χ0v) is 42.3. The Bertz CT molecular complexity index is 1000. The summed E-state index contributed by atoms with van der Waals surface area (Å²) in [7, 11) is 1.31. The molecule has 0 aromatic rings. The minimum Gasteiger partial charge on any atom is -0.756 e. The summed E-state index contributed by atoms with van der Waals surface area (Å²) in [6, 6.07) is -0.793. The van der Waals surface area contributed by atoms with E-state index in [1.54, 1.807) is 0 Å². The van der Waals surface area contributed by atoms with Crippen LogP contribution in [0.2, 0.25) is 0 Å². The molecule has 0 radical (unpaired) electrons. The molecular weight excluding hydrogens is 780 g/mol. The molecule has 0 saturated carbocycles. The normalized spacial score (nSPS) is 14.1. The lowest BCUT2D eigenvalue weighted by Gasteiger charge is -2.30. The Morgan fingerprint density at radius 3 is 1.28 bits per heavy atom. The summed E-state index contributed by atoms with van der Waals surface area (Å²) in [5, 5.41) is 13.9. The number of carbonyl (C=O) groups is 1. The molecule has 0 aliphatic rings. The van der Waals surface area contributed by atoms with Crippen LogP contribution in [0.5, 0.6) is 0 Å². The smallest absolute Gasteiger partial charge is 0.268 e. The summed E-state index contributed by atoms with van der Waals surface area (Å²) in [5.74, 6) is -0.163. The van der Waals surface area contributed by atoms with E-state index < -0.39 is 20.0 Å². The molecule has 9 heteroatoms. The second-order valence-electron chi connectivity index (χ2n) is 19.6. The number of carbonyl (C=O) groups excluding carboxylic acids is 1. The molecule has 2 N–H and O–H groups in total. The van der Waals surface area contributed by atoms with Gasteiger partial charge in [0, 0.05) is 6.42 Å². The largest absolute Gasteiger partial charge is 0.756 e. The van der Waals surface area contributed by atoms with Gasteiger partial charge in [0.2, 0.25) is 5.91 Å². The zero-order valence-electron chi connectivity index (χ0n) is 41.4. The number of aliphatic hydroxyl groups is 1. The molecule has 0 aromatic carbocycles. The fraction of sp³-hybridized carbons (Fsp3) is 0.942. The van der Waals surface area contributed by atoms with Crippen molar-refractivity contribution < 1.29 is 32.9 Å². The fourth-order valence-electron chi connectivity index (χ4n) is 8.04. The minimum atomic E-state index is -4.55. The summed E-state index contributed by atoms with van der Waals surface area (Å²) >= 11 is 0. The van der Waals surface area contributed by atoms with E-state index in [4.69, 9.17) is 9.05 Å². The van der Waals surface area contributed by atoms with Crippen molar-refractivity contribution in [3.05, 3.63) is 12.2 Å². The van der Waals surface area contributed by atoms with Gasteiger partial charge in [0.15, 0.2) is 0 Å². The highest BCUT2D eigenvalue weighted by Crippen LogP contribution is 2.38. The first-order valence-electron chi connectivity index (χ1n) is 26.5. The van der Waals surface area contributed by atoms with E-state index in [0.717, 1.165) is 38.5 Å². The third-order valence-electron chi connectivity index (χ3n) is 12.3. The number of likely N-dealkylation sites (N-methyl/N-ethyl adjacent to an activating group) is 1. The number of quaternary nitrogens is 1. The van der Waals surface area contributed by atoms with E-state index in [1.807, 2.05) is 21.1 Å². The summed E-state index contributed by atoms with van der Waals surface area (Å²) in [6.07, 6.45) is 52.7. The molecule has 0 bridgehead atoms. The minimum absolute atomic E-state index is 0.0146. The number of phosphoric acid groups is 1. The van der Waals surface area contributed by atoms with Gasteiger partial charge in [-0.25, -0.2) is 0 Å². The maximum Gasteiger partial charge on any atom is 0.268 e. The van der Waals surface area contributed by atoms with Crippen LogP contribution in [0.3, 0.4) is 0 Å². The molecule has 1 amide bonds. The molecule has 364 valence electrons. The van der Waals surface area contributed by atoms with Gasteiger partial charge in [0.25, 0.3) is 7.82 Å². The standard InChI is InChI=1S/C52H105N2O6P/c1-6-8-10-12-14-16-17-18-19-20-21-22-23-24-25-26-27-28-29-30-31-32-33-34-35-36-37-38-40-42-44-46-52(56)53-50(49-60-61(57,58)59-48-47-54(3,4)5)51(55)45-43-41-39-15-13-11-9-7-2/h20-21,50-51,55H,6-19,22-49H2,1-5H3,(H-,53,56,57,58)/b21-20-. The molecule has 0 fully saturated rings. The van der Waals surface area contributed by atoms with Crippen LogP contribution in [-0.4, -0.2) is 68.5 Å². The maximum absolute atomic E-state index is 12.9. The van der Waals surface area contributed by atoms with Crippen molar-refractivity contribution in [1.29, 1.82) is 0 Å². The first-order valence-corrected chi connectivity index (χ1v) is 28.0. The molecule has 3 atom stereocenters. The number of hydrogen-bond donors (Lipinski definition) is 2. The number of nitrogens with one attached hydrogen (secondary N) is 1. The second kappa shape index (κ2) is 44.4. The molecule has 0 saturated heterocycles. The Hall–Kier alpha value is -0.760. The lowest BCUT2D eigenvalue weighted by molar-refractivity contribution is -0.870. The van der Waals surface area contributed by atoms with Crippen LogP contribution in [0, 0.1) is 0 Å². The highest BCUT2D eigenvalue weighted by atomic mass is 31.2. The Morgan fingerprint density at radius 2 is 0.902 bits per heavy atom. The third kappa shape index (κ3) is 47.0. The van der Waals surface area contributed by atoms with Crippen LogP contribution in [0.1, 0.15) is 264 Å². The average molecular weight is 885 g/mol. The van der Waals surface area contributed by atoms with Gasteiger partial charge < -0.3 is 28.8 Å². The van der Waals surface area contributed by atoms with Gasteiger partial charge >= 0.3 is 0 Å². The predicted octanol–water partition coefficient (Wildman–Crippen LogP) is 14.8. The molecular formula is C52H105N2O6P. The lowest BCUT2D eigenvalue weighted by Crippen LogP contribution is -2.46. The van der Waals surface area contributed by atoms with Gasteiger partial charge in [0.05, 0.1) is 39.9 Å². The number of nitrogens with zero attached hydrogens (tertiary/aromatic N) is 1. The van der Waals surface area contributed by atoms with Crippen molar-refractivity contribution >= 4 is 13.7 Å². The van der Waals surface area contributed by atoms with E-state index in [1.165, 1.54) is 199 Å². The number of amides is 1. The van der Waals surface area contributed by atoms with Crippen LogP contribution in [0.4, 0.5) is 0 Å². The molecule has 0 rings (SSSR count).